The molecule has 6 nitrogen and oxygen atoms in total. The van der Waals surface area contributed by atoms with E-state index in [9.17, 15) is 18.0 Å². The lowest BCUT2D eigenvalue weighted by Gasteiger charge is -2.03. The van der Waals surface area contributed by atoms with Crippen molar-refractivity contribution in [2.45, 2.75) is 33.0 Å². The number of anilines is 1. The van der Waals surface area contributed by atoms with Gasteiger partial charge in [-0.25, -0.2) is 0 Å². The molecule has 1 N–H and O–H groups in total. The highest BCUT2D eigenvalue weighted by molar-refractivity contribution is 5.88. The van der Waals surface area contributed by atoms with E-state index in [1.165, 1.54) is 6.26 Å². The first-order chi connectivity index (χ1) is 10.2. The highest BCUT2D eigenvalue weighted by Gasteiger charge is 2.33. The van der Waals surface area contributed by atoms with Gasteiger partial charge in [-0.15, -0.1) is 0 Å². The van der Waals surface area contributed by atoms with Crippen LogP contribution in [0.1, 0.15) is 25.2 Å². The van der Waals surface area contributed by atoms with Crippen molar-refractivity contribution < 1.29 is 22.4 Å². The second-order valence-corrected chi connectivity index (χ2v) is 5.19. The van der Waals surface area contributed by atoms with Crippen LogP contribution in [0.2, 0.25) is 0 Å². The quantitative estimate of drug-likeness (QED) is 0.920. The number of hydrogen-bond acceptors (Lipinski definition) is 4. The van der Waals surface area contributed by atoms with Crippen LogP contribution in [0.5, 0.6) is 0 Å². The predicted molar refractivity (Wildman–Crippen MR) is 70.9 cm³/mol. The highest BCUT2D eigenvalue weighted by atomic mass is 19.4. The fourth-order valence-electron chi connectivity index (χ4n) is 1.78. The summed E-state index contributed by atoms with van der Waals surface area (Å²) in [6, 6.07) is 0.822. The van der Waals surface area contributed by atoms with Crippen LogP contribution in [0, 0.1) is 5.92 Å². The number of carbonyl (C=O) groups is 1. The molecular weight excluding hydrogens is 301 g/mol. The van der Waals surface area contributed by atoms with Crippen molar-refractivity contribution in [3.05, 3.63) is 29.9 Å². The molecule has 0 radical (unpaired) electrons. The normalized spacial score (nSPS) is 11.9. The molecule has 2 aromatic rings. The lowest BCUT2D eigenvalue weighted by atomic mass is 10.1. The maximum atomic E-state index is 12.4. The Kier molecular flexibility index (Phi) is 4.53. The molecule has 0 unspecified atom stereocenters. The Morgan fingerprint density at radius 1 is 1.45 bits per heavy atom. The molecule has 0 saturated heterocycles. The van der Waals surface area contributed by atoms with E-state index in [4.69, 9.17) is 4.42 Å². The summed E-state index contributed by atoms with van der Waals surface area (Å²) in [4.78, 5) is 15.8. The molecule has 2 aromatic heterocycles. The smallest absolute Gasteiger partial charge is 0.432 e. The van der Waals surface area contributed by atoms with Crippen molar-refractivity contribution in [1.29, 1.82) is 0 Å². The average Bonchev–Trinajstić information content (AvgIpc) is 2.97. The molecule has 9 heteroatoms. The SMILES string of the molecule is CC(C)Cc1coc(NC(=O)Cn2ccc(C(F)(F)F)n2)n1. The number of halogens is 3. The van der Waals surface area contributed by atoms with Gasteiger partial charge >= 0.3 is 12.2 Å². The van der Waals surface area contributed by atoms with Crippen LogP contribution < -0.4 is 5.32 Å². The molecule has 0 atom stereocenters. The number of carbonyl (C=O) groups excluding carboxylic acids is 1. The first kappa shape index (κ1) is 16.1. The number of rotatable bonds is 5. The lowest BCUT2D eigenvalue weighted by Crippen LogP contribution is -2.20. The van der Waals surface area contributed by atoms with Gasteiger partial charge in [0.15, 0.2) is 5.69 Å². The van der Waals surface area contributed by atoms with Crippen LogP contribution in [-0.4, -0.2) is 20.7 Å². The summed E-state index contributed by atoms with van der Waals surface area (Å²) >= 11 is 0. The molecular formula is C13H15F3N4O2. The van der Waals surface area contributed by atoms with E-state index in [1.807, 2.05) is 13.8 Å². The Morgan fingerprint density at radius 2 is 2.18 bits per heavy atom. The highest BCUT2D eigenvalue weighted by Crippen LogP contribution is 2.27. The van der Waals surface area contributed by atoms with Gasteiger partial charge in [0.25, 0.3) is 0 Å². The van der Waals surface area contributed by atoms with Crippen molar-refractivity contribution in [1.82, 2.24) is 14.8 Å². The van der Waals surface area contributed by atoms with Crippen LogP contribution in [0.4, 0.5) is 19.2 Å². The first-order valence-corrected chi connectivity index (χ1v) is 6.59. The summed E-state index contributed by atoms with van der Waals surface area (Å²) in [5, 5.41) is 5.66. The molecule has 0 aliphatic heterocycles. The molecule has 0 saturated carbocycles. The van der Waals surface area contributed by atoms with Crippen molar-refractivity contribution in [3.63, 3.8) is 0 Å². The van der Waals surface area contributed by atoms with Crippen LogP contribution in [0.25, 0.3) is 0 Å². The third kappa shape index (κ3) is 4.34. The van der Waals surface area contributed by atoms with Gasteiger partial charge in [0.05, 0.1) is 5.69 Å². The number of amides is 1. The molecule has 0 aromatic carbocycles. The molecule has 0 aliphatic carbocycles. The Labute approximate surface area is 124 Å². The Bertz CT molecular complexity index is 646. The molecule has 0 spiro atoms. The van der Waals surface area contributed by atoms with Crippen molar-refractivity contribution in [3.8, 4) is 0 Å². The van der Waals surface area contributed by atoms with Crippen molar-refractivity contribution in [2.75, 3.05) is 5.32 Å². The number of oxazole rings is 1. The predicted octanol–water partition coefficient (Wildman–Crippen LogP) is 2.73. The van der Waals surface area contributed by atoms with Gasteiger partial charge in [-0.1, -0.05) is 13.8 Å². The summed E-state index contributed by atoms with van der Waals surface area (Å²) in [7, 11) is 0. The molecule has 0 aliphatic rings. The second kappa shape index (κ2) is 6.20. The van der Waals surface area contributed by atoms with Gasteiger partial charge in [-0.05, 0) is 18.4 Å². The van der Waals surface area contributed by atoms with Gasteiger partial charge in [0.1, 0.15) is 12.8 Å². The topological polar surface area (TPSA) is 73.0 Å². The largest absolute Gasteiger partial charge is 0.435 e. The van der Waals surface area contributed by atoms with Crippen LogP contribution in [-0.2, 0) is 23.9 Å². The van der Waals surface area contributed by atoms with E-state index >= 15 is 0 Å². The average molecular weight is 316 g/mol. The van der Waals surface area contributed by atoms with Crippen LogP contribution >= 0.6 is 0 Å². The Balaban J connectivity index is 1.93. The van der Waals surface area contributed by atoms with Gasteiger partial charge in [-0.2, -0.15) is 23.3 Å². The van der Waals surface area contributed by atoms with Gasteiger partial charge < -0.3 is 4.42 Å². The monoisotopic (exact) mass is 316 g/mol. The van der Waals surface area contributed by atoms with Crippen molar-refractivity contribution >= 4 is 11.9 Å². The molecule has 22 heavy (non-hydrogen) atoms. The standard InChI is InChI=1S/C13H15F3N4O2/c1-8(2)5-9-7-22-12(17-9)18-11(21)6-20-4-3-10(19-20)13(14,15)16/h3-4,7-8H,5-6H2,1-2H3,(H,17,18,21). The van der Waals surface area contributed by atoms with Crippen LogP contribution in [0.3, 0.4) is 0 Å². The van der Waals surface area contributed by atoms with E-state index in [1.54, 1.807) is 0 Å². The van der Waals surface area contributed by atoms with Gasteiger partial charge in [-0.3, -0.25) is 14.8 Å². The third-order valence-electron chi connectivity index (χ3n) is 2.65. The number of nitrogens with zero attached hydrogens (tertiary/aromatic N) is 3. The number of aromatic nitrogens is 3. The van der Waals surface area contributed by atoms with Gasteiger partial charge in [0, 0.05) is 6.20 Å². The van der Waals surface area contributed by atoms with Gasteiger partial charge in [0.2, 0.25) is 5.91 Å². The summed E-state index contributed by atoms with van der Waals surface area (Å²) < 4.78 is 43.2. The number of hydrogen-bond donors (Lipinski definition) is 1. The fourth-order valence-corrected chi connectivity index (χ4v) is 1.78. The van der Waals surface area contributed by atoms with E-state index in [0.717, 1.165) is 16.9 Å². The maximum absolute atomic E-state index is 12.4. The van der Waals surface area contributed by atoms with E-state index < -0.39 is 17.8 Å². The Morgan fingerprint density at radius 3 is 2.77 bits per heavy atom. The Hall–Kier alpha value is -2.32. The van der Waals surface area contributed by atoms with E-state index in [2.05, 4.69) is 15.4 Å². The van der Waals surface area contributed by atoms with Crippen LogP contribution in [0.15, 0.2) is 22.9 Å². The zero-order valence-electron chi connectivity index (χ0n) is 12.0. The minimum Gasteiger partial charge on any atom is -0.432 e. The summed E-state index contributed by atoms with van der Waals surface area (Å²) in [5.74, 6) is -0.187. The fraction of sp³-hybridized carbons (Fsp3) is 0.462. The third-order valence-corrected chi connectivity index (χ3v) is 2.65. The molecule has 2 rings (SSSR count). The molecule has 0 fully saturated rings. The zero-order chi connectivity index (χ0) is 16.3. The number of alkyl halides is 3. The maximum Gasteiger partial charge on any atom is 0.435 e. The zero-order valence-corrected chi connectivity index (χ0v) is 12.0. The molecule has 1 amide bonds. The first-order valence-electron chi connectivity index (χ1n) is 6.59. The van der Waals surface area contributed by atoms with E-state index in [-0.39, 0.29) is 12.6 Å². The summed E-state index contributed by atoms with van der Waals surface area (Å²) in [5.41, 5.74) is -0.348. The summed E-state index contributed by atoms with van der Waals surface area (Å²) in [6.45, 7) is 3.67. The molecule has 120 valence electrons. The summed E-state index contributed by atoms with van der Waals surface area (Å²) in [6.07, 6.45) is -1.31. The molecule has 0 bridgehead atoms. The molecule has 2 heterocycles. The second-order valence-electron chi connectivity index (χ2n) is 5.19. The minimum absolute atomic E-state index is 0.0175. The van der Waals surface area contributed by atoms with Crippen molar-refractivity contribution in [2.24, 2.45) is 5.92 Å². The minimum atomic E-state index is -4.53. The number of nitrogens with one attached hydrogen (secondary N) is 1. The van der Waals surface area contributed by atoms with E-state index in [0.29, 0.717) is 18.0 Å². The lowest BCUT2D eigenvalue weighted by molar-refractivity contribution is -0.141.